The van der Waals surface area contributed by atoms with Crippen molar-refractivity contribution in [1.29, 1.82) is 0 Å². The van der Waals surface area contributed by atoms with Crippen molar-refractivity contribution in [3.05, 3.63) is 0 Å². The molecule has 11 saturated heterocycles. The highest BCUT2D eigenvalue weighted by molar-refractivity contribution is 5.75. The second kappa shape index (κ2) is 51.3. The number of carbonyl (C=O) groups is 7. The predicted molar refractivity (Wildman–Crippen MR) is 442 cm³/mol. The second-order valence-corrected chi connectivity index (χ2v) is 36.0. The summed E-state index contributed by atoms with van der Waals surface area (Å²) in [5.41, 5.74) is 0. The van der Waals surface area contributed by atoms with E-state index in [2.05, 4.69) is 37.2 Å². The Morgan fingerprint density at radius 2 is 0.451 bits per heavy atom. The highest BCUT2D eigenvalue weighted by Crippen LogP contribution is 2.42. The maximum atomic E-state index is 13.5. The van der Waals surface area contributed by atoms with Gasteiger partial charge < -0.3 is 275 Å². The molecule has 11 heterocycles. The number of hydrogen-bond donors (Lipinski definition) is 34. The van der Waals surface area contributed by atoms with E-state index in [9.17, 15) is 171 Å². The minimum absolute atomic E-state index is 0.843. The molecule has 62 nitrogen and oxygen atoms in total. The number of aliphatic hydroxyl groups excluding tert-OH is 27. The van der Waals surface area contributed by atoms with Gasteiger partial charge in [0.2, 0.25) is 41.4 Å². The molecule has 11 aliphatic heterocycles. The monoisotopic (exact) mass is 2070 g/mol. The fourth-order valence-corrected chi connectivity index (χ4v) is 18.4. The average Bonchev–Trinajstić information content (AvgIpc) is 0.758. The van der Waals surface area contributed by atoms with Crippen LogP contribution in [0.25, 0.3) is 0 Å². The number of hydrogen-bond acceptors (Lipinski definition) is 55. The fraction of sp³-hybridized carbons (Fsp3) is 0.912. The molecule has 0 aromatic rings. The molecule has 0 radical (unpaired) electrons. The topological polar surface area (TPSA) is 944 Å². The minimum Gasteiger partial charge on any atom is -0.394 e. The van der Waals surface area contributed by atoms with Gasteiger partial charge in [-0.05, 0) is 6.92 Å². The lowest BCUT2D eigenvalue weighted by Crippen LogP contribution is -2.71. The van der Waals surface area contributed by atoms with Crippen LogP contribution in [0.3, 0.4) is 0 Å². The van der Waals surface area contributed by atoms with Crippen LogP contribution >= 0.6 is 0 Å². The summed E-state index contributed by atoms with van der Waals surface area (Å²) in [6.07, 6.45) is -103. The molecular weight excluding hydrogens is 1940 g/mol. The summed E-state index contributed by atoms with van der Waals surface area (Å²) in [5.74, 6) is -6.57. The maximum Gasteiger partial charge on any atom is 0.217 e. The minimum atomic E-state index is -2.79. The Hall–Kier alpha value is -5.63. The molecule has 55 atom stereocenters. The van der Waals surface area contributed by atoms with Gasteiger partial charge in [-0.25, -0.2) is 0 Å². The Morgan fingerprint density at radius 1 is 0.197 bits per heavy atom. The van der Waals surface area contributed by atoms with Gasteiger partial charge in [0.05, 0.1) is 72.2 Å². The Kier molecular flexibility index (Phi) is 42.1. The summed E-state index contributed by atoms with van der Waals surface area (Å²) in [6, 6.07) is -13.3. The molecule has 0 spiro atoms. The zero-order chi connectivity index (χ0) is 105. The second-order valence-electron chi connectivity index (χ2n) is 36.0. The fourth-order valence-electron chi connectivity index (χ4n) is 18.4. The summed E-state index contributed by atoms with van der Waals surface area (Å²) in [7, 11) is 0. The summed E-state index contributed by atoms with van der Waals surface area (Å²) in [5, 5.41) is 326. The highest BCUT2D eigenvalue weighted by atomic mass is 16.8. The standard InChI is InChI=1S/C80H133N7O55/c1-19-44(102)58(116)60(118)77(125-19)123-18-36-66(55(113)37(70(121)126-36)81-20(2)95)138-75-42(86-25(7)100)57(115)64(32(14-93)131-75)139-78-62(120)67(50(108)35(134-78)17-124-79-68(141-74-41(85-24(6)99)54(112)48(106)30(12-91)130-74)59(117)49(107)34(135-79)16-122-71-38(82-21(3)96)51(109)45(103)27(9-88)127-71)140-80-69(61(119)65(33(15-94)133-80)137-73-40(84-23(5)98)53(111)47(105)29(11-90)129-73)142-76-43(87-26(8)101)56(114)63(31(13-92)132-76)136-72-39(83-22(4)97)52(110)46(104)28(10-89)128-72/h19,27-80,88-94,102-121H,9-18H2,1-8H3,(H,81,95)(H,82,96)(H,83,97)(H,84,98)(H,85,99)(H,86,100)(H,87,101)/t19-,27+,28+,29+,30+,31+,32+,33+,34+,35+,36+,37+,38+,39+,40+,41+,42+,43+,44+,45+,46-,47+,48+,49+,50+,51+,52+,53+,54+,55+,56+,57+,58-,59-,60-,61-,62-,63+,64+,65+,66+,67-,68-,69-,70+,71+,72-,73-,74-,75-,76-,77+,78-,79-,80+/m0/s1. The molecule has 0 saturated carbocycles. The van der Waals surface area contributed by atoms with Gasteiger partial charge in [0.1, 0.15) is 262 Å². The van der Waals surface area contributed by atoms with Crippen molar-refractivity contribution in [3.8, 4) is 0 Å². The van der Waals surface area contributed by atoms with Crippen molar-refractivity contribution < 1.29 is 271 Å². The third kappa shape index (κ3) is 26.7. The lowest BCUT2D eigenvalue weighted by Gasteiger charge is -2.52. The Balaban J connectivity index is 1.01. The Bertz CT molecular complexity index is 4030. The highest BCUT2D eigenvalue weighted by Gasteiger charge is 2.63. The van der Waals surface area contributed by atoms with Crippen LogP contribution in [0.5, 0.6) is 0 Å². The van der Waals surface area contributed by atoms with Crippen LogP contribution in [0.4, 0.5) is 0 Å². The molecule has 62 heteroatoms. The molecule has 11 aliphatic rings. The molecule has 0 bridgehead atoms. The first-order chi connectivity index (χ1) is 67.0. The number of aliphatic hydroxyl groups is 27. The molecule has 142 heavy (non-hydrogen) atoms. The molecule has 11 fully saturated rings. The van der Waals surface area contributed by atoms with Gasteiger partial charge in [0.15, 0.2) is 69.2 Å². The van der Waals surface area contributed by atoms with Crippen LogP contribution < -0.4 is 37.2 Å². The van der Waals surface area contributed by atoms with Crippen molar-refractivity contribution in [3.63, 3.8) is 0 Å². The normalized spacial score (nSPS) is 47.5. The van der Waals surface area contributed by atoms with Gasteiger partial charge in [-0.3, -0.25) is 33.6 Å². The molecule has 0 aromatic carbocycles. The zero-order valence-corrected chi connectivity index (χ0v) is 77.3. The predicted octanol–water partition coefficient (Wildman–Crippen LogP) is -22.9. The van der Waals surface area contributed by atoms with E-state index in [4.69, 9.17) is 99.5 Å². The zero-order valence-electron chi connectivity index (χ0n) is 77.3. The largest absolute Gasteiger partial charge is 0.394 e. The van der Waals surface area contributed by atoms with E-state index in [1.807, 2.05) is 0 Å². The van der Waals surface area contributed by atoms with Crippen LogP contribution in [-0.2, 0) is 133 Å². The third-order valence-electron chi connectivity index (χ3n) is 25.7. The number of amides is 7. The maximum absolute atomic E-state index is 13.5. The molecule has 34 N–H and O–H groups in total. The lowest BCUT2D eigenvalue weighted by atomic mass is 9.93. The molecule has 7 amide bonds. The van der Waals surface area contributed by atoms with Gasteiger partial charge in [-0.2, -0.15) is 0 Å². The average molecular weight is 2070 g/mol. The number of nitrogens with one attached hydrogen (secondary N) is 7. The SMILES string of the molecule is CC(=O)N[C@@H]1[C@@H](O)[C@H](O[C@@H]2O[C@H](CO)[C@@H](O[C@@H]3O[C@H](CO[C@H]4O[C@H](CO[C@@H]5O[C@H](CO)[C@@H](O)[C@H](O)[C@H]5NC(C)=O)[C@@H](O)[C@H](O)[C@@H]4O[C@@H]4O[C@H](CO)[C@@H](O)[C@H](O)[C@H]4NC(C)=O)[C@@H](O)[C@H](O[C@H]4O[C@H](CO)[C@@H](O[C@@H]5O[C@H](CO)[C@@H](O)[C@H](O)[C@H]5NC(C)=O)[C@H](O)[C@@H]4O[C@@H]4O[C@H](CO)[C@@H](O[C@@H]5O[C@H](CO)[C@H](O)[C@H](O)[C@H]5NC(C)=O)[C@H](O)[C@H]4NC(C)=O)[C@@H]3O)[C@H](O)[C@H]2NC(C)=O)[C@@H](CO[C@@H]2O[C@@H](C)[C@@H](O)[C@H](O)[C@@H]2O)O[C@H]1O. The summed E-state index contributed by atoms with van der Waals surface area (Å²) < 4.78 is 128. The number of rotatable bonds is 37. The molecule has 0 aliphatic carbocycles. The van der Waals surface area contributed by atoms with Gasteiger partial charge in [-0.15, -0.1) is 0 Å². The van der Waals surface area contributed by atoms with Gasteiger partial charge >= 0.3 is 0 Å². The summed E-state index contributed by atoms with van der Waals surface area (Å²) in [4.78, 5) is 90.5. The summed E-state index contributed by atoms with van der Waals surface area (Å²) >= 11 is 0. The first-order valence-corrected chi connectivity index (χ1v) is 45.5. The van der Waals surface area contributed by atoms with Gasteiger partial charge in [0, 0.05) is 48.5 Å². The van der Waals surface area contributed by atoms with Gasteiger partial charge in [0.25, 0.3) is 0 Å². The molecule has 0 aromatic heterocycles. The summed E-state index contributed by atoms with van der Waals surface area (Å²) in [6.45, 7) is -3.64. The molecule has 0 unspecified atom stereocenters. The molecular formula is C80H133N7O55. The smallest absolute Gasteiger partial charge is 0.217 e. The molecule has 11 rings (SSSR count). The van der Waals surface area contributed by atoms with E-state index < -0.39 is 445 Å². The van der Waals surface area contributed by atoms with E-state index >= 15 is 0 Å². The van der Waals surface area contributed by atoms with Crippen LogP contribution in [0, 0.1) is 0 Å². The van der Waals surface area contributed by atoms with Crippen LogP contribution in [0.2, 0.25) is 0 Å². The molecule has 818 valence electrons. The van der Waals surface area contributed by atoms with Crippen molar-refractivity contribution in [2.75, 3.05) is 66.1 Å². The van der Waals surface area contributed by atoms with Crippen molar-refractivity contribution >= 4 is 41.4 Å². The quantitative estimate of drug-likeness (QED) is 0.0275. The van der Waals surface area contributed by atoms with E-state index in [0.717, 1.165) is 48.5 Å². The van der Waals surface area contributed by atoms with E-state index in [1.54, 1.807) is 0 Å². The number of carbonyl (C=O) groups excluding carboxylic acids is 7. The Labute approximate surface area is 805 Å². The van der Waals surface area contributed by atoms with Crippen molar-refractivity contribution in [2.45, 2.75) is 393 Å². The first kappa shape index (κ1) is 117. The van der Waals surface area contributed by atoms with Gasteiger partial charge in [-0.1, -0.05) is 0 Å². The van der Waals surface area contributed by atoms with Crippen LogP contribution in [0.15, 0.2) is 0 Å². The van der Waals surface area contributed by atoms with E-state index in [-0.39, 0.29) is 0 Å². The van der Waals surface area contributed by atoms with E-state index in [1.165, 1.54) is 6.92 Å². The first-order valence-electron chi connectivity index (χ1n) is 45.5. The Morgan fingerprint density at radius 3 is 0.831 bits per heavy atom. The third-order valence-corrected chi connectivity index (χ3v) is 25.7. The van der Waals surface area contributed by atoms with E-state index in [0.29, 0.717) is 0 Å². The lowest BCUT2D eigenvalue weighted by molar-refractivity contribution is -0.405. The van der Waals surface area contributed by atoms with Crippen molar-refractivity contribution in [2.24, 2.45) is 0 Å². The number of ether oxygens (including phenoxy) is 21. The van der Waals surface area contributed by atoms with Crippen molar-refractivity contribution in [1.82, 2.24) is 37.2 Å². The van der Waals surface area contributed by atoms with Crippen LogP contribution in [-0.4, -0.2) is 583 Å². The van der Waals surface area contributed by atoms with Crippen LogP contribution in [0.1, 0.15) is 55.4 Å².